The smallest absolute Gasteiger partial charge is 0.388 e. The molecule has 2 aromatic carbocycles. The number of nitrogens with zero attached hydrogens (tertiary/aromatic N) is 3. The molecule has 2 N–H and O–H groups in total. The first-order valence-electron chi connectivity index (χ1n) is 13.2. The van der Waals surface area contributed by atoms with Gasteiger partial charge in [-0.1, -0.05) is 51.0 Å². The number of hydrogen-bond donors (Lipinski definition) is 2. The monoisotopic (exact) mass is 539 g/mol. The number of fused-ring (bicyclic) bond motifs is 1. The van der Waals surface area contributed by atoms with Crippen LogP contribution >= 0.6 is 0 Å². The Hall–Kier alpha value is -3.42. The van der Waals surface area contributed by atoms with E-state index in [9.17, 15) is 22.7 Å². The fourth-order valence-corrected chi connectivity index (χ4v) is 6.25. The number of alkyl halides is 3. The second-order valence-electron chi connectivity index (χ2n) is 11.4. The Morgan fingerprint density at radius 3 is 2.28 bits per heavy atom. The molecule has 0 aliphatic heterocycles. The molecule has 2 aliphatic rings. The number of hydrogen-bond acceptors (Lipinski definition) is 4. The topological polar surface area (TPSA) is 83.4 Å². The van der Waals surface area contributed by atoms with Crippen LogP contribution in [0.15, 0.2) is 53.6 Å². The molecule has 39 heavy (non-hydrogen) atoms. The van der Waals surface area contributed by atoms with Crippen molar-refractivity contribution >= 4 is 0 Å². The number of benzene rings is 2. The molecule has 3 aromatic rings. The Kier molecular flexibility index (Phi) is 7.16. The molecule has 1 heterocycles. The maximum absolute atomic E-state index is 14.0. The third kappa shape index (κ3) is 5.38. The summed E-state index contributed by atoms with van der Waals surface area (Å²) in [6.45, 7) is 4.17. The van der Waals surface area contributed by atoms with Crippen molar-refractivity contribution in [3.8, 4) is 11.1 Å². The van der Waals surface area contributed by atoms with E-state index < -0.39 is 29.7 Å². The first kappa shape index (κ1) is 27.2. The lowest BCUT2D eigenvalue weighted by molar-refractivity contribution is -0.137. The highest BCUT2D eigenvalue weighted by molar-refractivity contribution is 5.75. The van der Waals surface area contributed by atoms with Gasteiger partial charge in [0.1, 0.15) is 16.5 Å². The van der Waals surface area contributed by atoms with E-state index in [0.717, 1.165) is 49.2 Å². The van der Waals surface area contributed by atoms with E-state index >= 15 is 0 Å². The van der Waals surface area contributed by atoms with E-state index in [0.29, 0.717) is 40.7 Å². The molecule has 0 radical (unpaired) electrons. The quantitative estimate of drug-likeness (QED) is 0.195. The van der Waals surface area contributed by atoms with Crippen LogP contribution in [0.5, 0.6) is 0 Å². The van der Waals surface area contributed by atoms with Crippen LogP contribution in [0.2, 0.25) is 0 Å². The number of aliphatic hydroxyl groups excluding tert-OH is 1. The van der Waals surface area contributed by atoms with Gasteiger partial charge in [-0.25, -0.2) is 4.39 Å². The molecule has 204 valence electrons. The predicted octanol–water partition coefficient (Wildman–Crippen LogP) is 8.21. The highest BCUT2D eigenvalue weighted by Crippen LogP contribution is 2.50. The molecule has 1 fully saturated rings. The van der Waals surface area contributed by atoms with Gasteiger partial charge in [0.05, 0.1) is 17.4 Å². The average Bonchev–Trinajstić information content (AvgIpc) is 3.41. The summed E-state index contributed by atoms with van der Waals surface area (Å²) in [5, 5.41) is 15.7. The number of aromatic nitrogens is 1. The van der Waals surface area contributed by atoms with Crippen molar-refractivity contribution in [3.63, 3.8) is 0 Å². The second-order valence-corrected chi connectivity index (χ2v) is 11.4. The van der Waals surface area contributed by atoms with Crippen LogP contribution in [0, 0.1) is 16.8 Å². The first-order chi connectivity index (χ1) is 18.5. The molecule has 2 unspecified atom stereocenters. The number of aliphatic hydroxyl groups is 1. The Balaban J connectivity index is 1.84. The summed E-state index contributed by atoms with van der Waals surface area (Å²) < 4.78 is 54.0. The standard InChI is InChI=1S/C30H31F4N4O/c1-29(2)15-22-25(23(39)16-29)24(17-9-13-21(31)14-10-17)26(27(36-22)18-5-3-4-6-18)28(37-38-35)19-7-11-20(12-8-19)30(32,33)34/h7-14,18,23,28,35,39H,3-6,15-16H2,1-2H3/q+1. The Bertz CT molecular complexity index is 1400. The van der Waals surface area contributed by atoms with E-state index in [-0.39, 0.29) is 11.3 Å². The Morgan fingerprint density at radius 1 is 1.05 bits per heavy atom. The number of halogens is 4. The van der Waals surface area contributed by atoms with Crippen molar-refractivity contribution in [2.24, 2.45) is 10.5 Å². The Labute approximate surface area is 224 Å². The van der Waals surface area contributed by atoms with Gasteiger partial charge in [0.2, 0.25) is 4.91 Å². The van der Waals surface area contributed by atoms with Crippen LogP contribution in [0.4, 0.5) is 17.6 Å². The lowest BCUT2D eigenvalue weighted by Crippen LogP contribution is -2.29. The fourth-order valence-electron chi connectivity index (χ4n) is 6.25. The summed E-state index contributed by atoms with van der Waals surface area (Å²) in [5.41, 5.74) is 11.1. The molecule has 1 saturated carbocycles. The van der Waals surface area contributed by atoms with E-state index in [1.165, 1.54) is 24.3 Å². The fraction of sp³-hybridized carbons (Fsp3) is 0.433. The molecule has 2 atom stereocenters. The SMILES string of the molecule is CC1(C)Cc2nc(C3CCCC3)c(C(N=[N+]=N)c3ccc(C(F)(F)F)cc3)c(-c3ccc(F)cc3)c2C(O)C1. The predicted molar refractivity (Wildman–Crippen MR) is 138 cm³/mol. The van der Waals surface area contributed by atoms with Crippen LogP contribution < -0.4 is 4.91 Å². The van der Waals surface area contributed by atoms with Crippen molar-refractivity contribution in [1.29, 1.82) is 5.53 Å². The molecule has 5 nitrogen and oxygen atoms in total. The van der Waals surface area contributed by atoms with Crippen molar-refractivity contribution < 1.29 is 22.7 Å². The van der Waals surface area contributed by atoms with Gasteiger partial charge in [-0.05, 0) is 72.1 Å². The van der Waals surface area contributed by atoms with Crippen molar-refractivity contribution in [2.45, 2.75) is 76.6 Å². The van der Waals surface area contributed by atoms with Gasteiger partial charge >= 0.3 is 6.18 Å². The average molecular weight is 540 g/mol. The molecular formula is C30H31F4N4O+. The summed E-state index contributed by atoms with van der Waals surface area (Å²) in [5.74, 6) is -0.324. The highest BCUT2D eigenvalue weighted by atomic mass is 19.4. The number of pyridine rings is 1. The summed E-state index contributed by atoms with van der Waals surface area (Å²) in [6.07, 6.45) is -0.391. The second kappa shape index (κ2) is 10.3. The van der Waals surface area contributed by atoms with Crippen LogP contribution in [0.3, 0.4) is 0 Å². The van der Waals surface area contributed by atoms with Crippen molar-refractivity contribution in [2.75, 3.05) is 0 Å². The molecule has 0 saturated heterocycles. The first-order valence-corrected chi connectivity index (χ1v) is 13.2. The molecule has 1 aromatic heterocycles. The minimum Gasteiger partial charge on any atom is -0.388 e. The van der Waals surface area contributed by atoms with Crippen LogP contribution in [-0.4, -0.2) is 10.1 Å². The molecule has 5 rings (SSSR count). The summed E-state index contributed by atoms with van der Waals surface area (Å²) >= 11 is 0. The number of rotatable bonds is 5. The van der Waals surface area contributed by atoms with Gasteiger partial charge in [0, 0.05) is 22.7 Å². The van der Waals surface area contributed by atoms with Crippen molar-refractivity contribution in [3.05, 3.63) is 88.0 Å². The van der Waals surface area contributed by atoms with Gasteiger partial charge in [0.25, 0.3) is 0 Å². The normalized spacial score (nSPS) is 19.8. The van der Waals surface area contributed by atoms with Crippen LogP contribution in [-0.2, 0) is 12.6 Å². The molecule has 0 spiro atoms. The lowest BCUT2D eigenvalue weighted by Gasteiger charge is -2.37. The number of nitrogens with one attached hydrogen (secondary N) is 1. The zero-order chi connectivity index (χ0) is 27.9. The molecule has 2 aliphatic carbocycles. The van der Waals surface area contributed by atoms with E-state index in [1.54, 1.807) is 12.1 Å². The zero-order valence-electron chi connectivity index (χ0n) is 21.9. The minimum absolute atomic E-state index is 0.0876. The van der Waals surface area contributed by atoms with Gasteiger partial charge in [0.15, 0.2) is 6.04 Å². The molecular weight excluding hydrogens is 508 g/mol. The van der Waals surface area contributed by atoms with E-state index in [1.807, 2.05) is 0 Å². The molecule has 0 amide bonds. The maximum atomic E-state index is 14.0. The zero-order valence-corrected chi connectivity index (χ0v) is 21.9. The lowest BCUT2D eigenvalue weighted by atomic mass is 9.71. The minimum atomic E-state index is -4.50. The summed E-state index contributed by atoms with van der Waals surface area (Å²) in [4.78, 5) is 8.49. The maximum Gasteiger partial charge on any atom is 0.416 e. The van der Waals surface area contributed by atoms with Crippen LogP contribution in [0.1, 0.15) is 97.7 Å². The third-order valence-electron chi connectivity index (χ3n) is 7.98. The van der Waals surface area contributed by atoms with E-state index in [4.69, 9.17) is 10.5 Å². The summed E-state index contributed by atoms with van der Waals surface area (Å²) in [7, 11) is 0. The van der Waals surface area contributed by atoms with Gasteiger partial charge in [-0.15, -0.1) is 0 Å². The molecule has 0 bridgehead atoms. The largest absolute Gasteiger partial charge is 0.416 e. The van der Waals surface area contributed by atoms with Crippen LogP contribution in [0.25, 0.3) is 11.1 Å². The van der Waals surface area contributed by atoms with Gasteiger partial charge < -0.3 is 5.11 Å². The van der Waals surface area contributed by atoms with E-state index in [2.05, 4.69) is 23.9 Å². The highest BCUT2D eigenvalue weighted by Gasteiger charge is 2.40. The van der Waals surface area contributed by atoms with Gasteiger partial charge in [-0.2, -0.15) is 13.2 Å². The molecule has 9 heteroatoms. The summed E-state index contributed by atoms with van der Waals surface area (Å²) in [6, 6.07) is 9.75. The van der Waals surface area contributed by atoms with Crippen molar-refractivity contribution in [1.82, 2.24) is 9.90 Å². The third-order valence-corrected chi connectivity index (χ3v) is 7.98. The Morgan fingerprint density at radius 2 is 1.69 bits per heavy atom. The van der Waals surface area contributed by atoms with Gasteiger partial charge in [-0.3, -0.25) is 4.98 Å².